The molecule has 3 heterocycles. The number of hydrogen-bond acceptors (Lipinski definition) is 6. The molecule has 0 bridgehead atoms. The normalized spacial score (nSPS) is 18.2. The van der Waals surface area contributed by atoms with E-state index in [1.165, 1.54) is 21.7 Å². The van der Waals surface area contributed by atoms with E-state index in [1.54, 1.807) is 6.07 Å². The van der Waals surface area contributed by atoms with Gasteiger partial charge in [0, 0.05) is 6.54 Å². The molecule has 1 saturated heterocycles. The fraction of sp³-hybridized carbons (Fsp3) is 0.294. The third kappa shape index (κ3) is 3.74. The number of thiazole rings is 1. The SMILES string of the molecule is O=C(NCc1nc2ccccc2s1)C1CCCN1S(=O)(=O)c1ccc(Cl)s1. The number of para-hydroxylation sites is 1. The van der Waals surface area contributed by atoms with E-state index in [1.807, 2.05) is 24.3 Å². The van der Waals surface area contributed by atoms with Crippen LogP contribution < -0.4 is 5.32 Å². The van der Waals surface area contributed by atoms with Gasteiger partial charge in [0.05, 0.1) is 21.1 Å². The van der Waals surface area contributed by atoms with Gasteiger partial charge >= 0.3 is 0 Å². The predicted molar refractivity (Wildman–Crippen MR) is 108 cm³/mol. The molecule has 10 heteroatoms. The summed E-state index contributed by atoms with van der Waals surface area (Å²) in [5.41, 5.74) is 0.895. The smallest absolute Gasteiger partial charge is 0.253 e. The standard InChI is InChI=1S/C17H16ClN3O3S3/c18-14-7-8-16(26-14)27(23,24)21-9-3-5-12(21)17(22)19-10-15-20-11-4-1-2-6-13(11)25-15/h1-2,4,6-8,12H,3,5,9-10H2,(H,19,22). The maximum atomic E-state index is 12.8. The second-order valence-electron chi connectivity index (χ2n) is 6.13. The highest BCUT2D eigenvalue weighted by molar-refractivity contribution is 7.91. The monoisotopic (exact) mass is 441 g/mol. The molecule has 1 unspecified atom stereocenters. The molecule has 1 N–H and O–H groups in total. The van der Waals surface area contributed by atoms with Crippen LogP contribution in [0.2, 0.25) is 4.34 Å². The molecular weight excluding hydrogens is 426 g/mol. The molecule has 0 radical (unpaired) electrons. The molecule has 142 valence electrons. The van der Waals surface area contributed by atoms with Crippen molar-refractivity contribution < 1.29 is 13.2 Å². The highest BCUT2D eigenvalue weighted by Crippen LogP contribution is 2.32. The van der Waals surface area contributed by atoms with Crippen LogP contribution in [-0.2, 0) is 21.4 Å². The second kappa shape index (κ2) is 7.48. The predicted octanol–water partition coefficient (Wildman–Crippen LogP) is 3.48. The van der Waals surface area contributed by atoms with E-state index < -0.39 is 16.1 Å². The van der Waals surface area contributed by atoms with E-state index in [-0.39, 0.29) is 16.7 Å². The number of sulfonamides is 1. The lowest BCUT2D eigenvalue weighted by atomic mass is 10.2. The molecule has 4 rings (SSSR count). The first-order valence-electron chi connectivity index (χ1n) is 8.34. The summed E-state index contributed by atoms with van der Waals surface area (Å²) in [7, 11) is -3.72. The number of fused-ring (bicyclic) bond motifs is 1. The van der Waals surface area contributed by atoms with Crippen LogP contribution in [0.5, 0.6) is 0 Å². The van der Waals surface area contributed by atoms with Gasteiger partial charge in [0.1, 0.15) is 15.3 Å². The summed E-state index contributed by atoms with van der Waals surface area (Å²) in [5, 5.41) is 3.63. The Balaban J connectivity index is 1.47. The van der Waals surface area contributed by atoms with Crippen molar-refractivity contribution in [2.24, 2.45) is 0 Å². The number of nitrogens with zero attached hydrogens (tertiary/aromatic N) is 2. The zero-order chi connectivity index (χ0) is 19.0. The van der Waals surface area contributed by atoms with Crippen LogP contribution in [0.25, 0.3) is 10.2 Å². The molecule has 1 aromatic carbocycles. The number of nitrogens with one attached hydrogen (secondary N) is 1. The Morgan fingerprint density at radius 1 is 1.26 bits per heavy atom. The Labute approximate surface area is 169 Å². The molecule has 6 nitrogen and oxygen atoms in total. The van der Waals surface area contributed by atoms with Crippen LogP contribution in [0.3, 0.4) is 0 Å². The average molecular weight is 442 g/mol. The summed E-state index contributed by atoms with van der Waals surface area (Å²) in [6, 6.07) is 10.1. The third-order valence-corrected chi connectivity index (χ3v) is 9.01. The number of rotatable bonds is 5. The van der Waals surface area contributed by atoms with Crippen molar-refractivity contribution in [3.8, 4) is 0 Å². The first kappa shape index (κ1) is 18.8. The summed E-state index contributed by atoms with van der Waals surface area (Å²) in [4.78, 5) is 17.2. The van der Waals surface area contributed by atoms with Gasteiger partial charge in [-0.3, -0.25) is 4.79 Å². The van der Waals surface area contributed by atoms with E-state index >= 15 is 0 Å². The quantitative estimate of drug-likeness (QED) is 0.657. The number of thiophene rings is 1. The van der Waals surface area contributed by atoms with Crippen molar-refractivity contribution in [2.45, 2.75) is 29.6 Å². The Kier molecular flexibility index (Phi) is 5.21. The van der Waals surface area contributed by atoms with Crippen molar-refractivity contribution >= 4 is 60.4 Å². The van der Waals surface area contributed by atoms with Crippen molar-refractivity contribution in [3.63, 3.8) is 0 Å². The van der Waals surface area contributed by atoms with Crippen LogP contribution in [0, 0.1) is 0 Å². The van der Waals surface area contributed by atoms with E-state index in [4.69, 9.17) is 11.6 Å². The topological polar surface area (TPSA) is 79.4 Å². The van der Waals surface area contributed by atoms with Crippen LogP contribution in [0.4, 0.5) is 0 Å². The van der Waals surface area contributed by atoms with E-state index in [2.05, 4.69) is 10.3 Å². The first-order valence-corrected chi connectivity index (χ1v) is 11.8. The summed E-state index contributed by atoms with van der Waals surface area (Å²) < 4.78 is 28.6. The number of hydrogen-bond donors (Lipinski definition) is 1. The molecule has 1 atom stereocenters. The molecule has 1 aliphatic heterocycles. The third-order valence-electron chi connectivity index (χ3n) is 4.37. The van der Waals surface area contributed by atoms with E-state index in [9.17, 15) is 13.2 Å². The summed E-state index contributed by atoms with van der Waals surface area (Å²) in [6.07, 6.45) is 1.15. The van der Waals surface area contributed by atoms with Gasteiger partial charge in [-0.25, -0.2) is 13.4 Å². The highest BCUT2D eigenvalue weighted by atomic mass is 35.5. The van der Waals surface area contributed by atoms with Crippen molar-refractivity contribution in [1.29, 1.82) is 0 Å². The number of aromatic nitrogens is 1. The van der Waals surface area contributed by atoms with E-state index in [0.29, 0.717) is 23.7 Å². The Morgan fingerprint density at radius 3 is 2.81 bits per heavy atom. The molecule has 0 aliphatic carbocycles. The lowest BCUT2D eigenvalue weighted by Crippen LogP contribution is -2.45. The minimum Gasteiger partial charge on any atom is -0.348 e. The number of carbonyl (C=O) groups excluding carboxylic acids is 1. The van der Waals surface area contributed by atoms with Gasteiger partial charge in [0.15, 0.2) is 0 Å². The molecule has 1 amide bonds. The average Bonchev–Trinajstić information content (AvgIpc) is 3.38. The van der Waals surface area contributed by atoms with Gasteiger partial charge in [-0.1, -0.05) is 23.7 Å². The van der Waals surface area contributed by atoms with Gasteiger partial charge in [-0.15, -0.1) is 22.7 Å². The van der Waals surface area contributed by atoms with Crippen LogP contribution in [-0.4, -0.2) is 36.2 Å². The molecule has 0 spiro atoms. The maximum absolute atomic E-state index is 12.8. The van der Waals surface area contributed by atoms with Crippen LogP contribution >= 0.6 is 34.3 Å². The second-order valence-corrected chi connectivity index (χ2v) is 11.1. The Hall–Kier alpha value is -1.52. The first-order chi connectivity index (χ1) is 12.9. The van der Waals surface area contributed by atoms with Crippen LogP contribution in [0.1, 0.15) is 17.8 Å². The summed E-state index contributed by atoms with van der Waals surface area (Å²) in [6.45, 7) is 0.616. The zero-order valence-electron chi connectivity index (χ0n) is 14.1. The van der Waals surface area contributed by atoms with Gasteiger partial charge < -0.3 is 5.32 Å². The minimum absolute atomic E-state index is 0.165. The lowest BCUT2D eigenvalue weighted by molar-refractivity contribution is -0.124. The number of amides is 1. The van der Waals surface area contributed by atoms with Gasteiger partial charge in [0.2, 0.25) is 5.91 Å². The molecule has 1 aliphatic rings. The largest absolute Gasteiger partial charge is 0.348 e. The molecule has 27 heavy (non-hydrogen) atoms. The summed E-state index contributed by atoms with van der Waals surface area (Å²) >= 11 is 8.39. The van der Waals surface area contributed by atoms with Crippen molar-refractivity contribution in [3.05, 3.63) is 45.7 Å². The molecule has 2 aromatic heterocycles. The minimum atomic E-state index is -3.72. The lowest BCUT2D eigenvalue weighted by Gasteiger charge is -2.22. The Morgan fingerprint density at radius 2 is 2.07 bits per heavy atom. The maximum Gasteiger partial charge on any atom is 0.253 e. The number of carbonyl (C=O) groups is 1. The fourth-order valence-electron chi connectivity index (χ4n) is 3.12. The molecule has 0 saturated carbocycles. The molecule has 1 fully saturated rings. The zero-order valence-corrected chi connectivity index (χ0v) is 17.3. The van der Waals surface area contributed by atoms with Crippen molar-refractivity contribution in [2.75, 3.05) is 6.54 Å². The molecular formula is C17H16ClN3O3S3. The van der Waals surface area contributed by atoms with Gasteiger partial charge in [-0.2, -0.15) is 4.31 Å². The van der Waals surface area contributed by atoms with Gasteiger partial charge in [-0.05, 0) is 37.1 Å². The van der Waals surface area contributed by atoms with Crippen LogP contribution in [0.15, 0.2) is 40.6 Å². The Bertz CT molecular complexity index is 1060. The molecule has 3 aromatic rings. The fourth-order valence-corrected chi connectivity index (χ4v) is 7.29. The number of benzene rings is 1. The summed E-state index contributed by atoms with van der Waals surface area (Å²) in [5.74, 6) is -0.294. The van der Waals surface area contributed by atoms with E-state index in [0.717, 1.165) is 26.6 Å². The van der Waals surface area contributed by atoms with Gasteiger partial charge in [0.25, 0.3) is 10.0 Å². The highest BCUT2D eigenvalue weighted by Gasteiger charge is 2.40. The van der Waals surface area contributed by atoms with Crippen molar-refractivity contribution in [1.82, 2.24) is 14.6 Å². The number of halogens is 1.